The number of nitrogens with one attached hydrogen (secondary N) is 2. The second-order valence-corrected chi connectivity index (χ2v) is 13.7. The van der Waals surface area contributed by atoms with E-state index in [2.05, 4.69) is 10.1 Å². The molecule has 17 heteroatoms. The summed E-state index contributed by atoms with van der Waals surface area (Å²) in [6, 6.07) is 6.09. The summed E-state index contributed by atoms with van der Waals surface area (Å²) in [5.41, 5.74) is -2.94. The third kappa shape index (κ3) is 7.60. The first kappa shape index (κ1) is 33.0. The largest absolute Gasteiger partial charge is 0.462 e. The molecule has 1 fully saturated rings. The molecule has 0 radical (unpaired) electrons. The zero-order chi connectivity index (χ0) is 31.7. The first-order chi connectivity index (χ1) is 20.1. The van der Waals surface area contributed by atoms with E-state index in [1.54, 1.807) is 26.0 Å². The maximum absolute atomic E-state index is 15.6. The molecule has 234 valence electrons. The summed E-state index contributed by atoms with van der Waals surface area (Å²) in [7, 11) is -4.44. The van der Waals surface area contributed by atoms with Crippen molar-refractivity contribution in [3.63, 3.8) is 0 Å². The quantitative estimate of drug-likeness (QED) is 0.202. The molecule has 13 nitrogen and oxygen atoms in total. The van der Waals surface area contributed by atoms with Gasteiger partial charge in [0.2, 0.25) is 0 Å². The van der Waals surface area contributed by atoms with Crippen LogP contribution in [0.15, 0.2) is 46.1 Å². The highest BCUT2D eigenvalue weighted by atomic mass is 35.5. The molecule has 1 unspecified atom stereocenters. The van der Waals surface area contributed by atoms with Crippen LogP contribution in [0.5, 0.6) is 5.75 Å². The topological polar surface area (TPSA) is 171 Å². The molecule has 0 amide bonds. The number of benzene rings is 1. The molecule has 4 rings (SSSR count). The molecule has 3 N–H and O–H groups in total. The van der Waals surface area contributed by atoms with Gasteiger partial charge < -0.3 is 19.1 Å². The Kier molecular flexibility index (Phi) is 9.96. The summed E-state index contributed by atoms with van der Waals surface area (Å²) in [5.74, 6) is -0.662. The third-order valence-corrected chi connectivity index (χ3v) is 9.15. The van der Waals surface area contributed by atoms with Crippen LogP contribution < -0.4 is 20.9 Å². The van der Waals surface area contributed by atoms with Crippen LogP contribution in [0, 0.1) is 6.92 Å². The lowest BCUT2D eigenvalue weighted by atomic mass is 9.98. The zero-order valence-electron chi connectivity index (χ0n) is 23.8. The average molecular weight is 661 g/mol. The molecule has 0 spiro atoms. The van der Waals surface area contributed by atoms with Gasteiger partial charge in [0.25, 0.3) is 5.56 Å². The van der Waals surface area contributed by atoms with Gasteiger partial charge in [-0.15, -0.1) is 11.3 Å². The first-order valence-electron chi connectivity index (χ1n) is 13.1. The Labute approximate surface area is 254 Å². The molecule has 1 saturated heterocycles. The molecule has 1 aliphatic rings. The first-order valence-corrected chi connectivity index (χ1v) is 15.8. The number of rotatable bonds is 11. The molecule has 2 aromatic heterocycles. The molecule has 3 heterocycles. The van der Waals surface area contributed by atoms with E-state index < -0.39 is 67.8 Å². The number of ether oxygens (including phenoxy) is 2. The summed E-state index contributed by atoms with van der Waals surface area (Å²) in [4.78, 5) is 42.6. The van der Waals surface area contributed by atoms with Gasteiger partial charge >= 0.3 is 19.4 Å². The van der Waals surface area contributed by atoms with E-state index in [4.69, 9.17) is 30.1 Å². The summed E-state index contributed by atoms with van der Waals surface area (Å²) < 4.78 is 52.9. The highest BCUT2D eigenvalue weighted by Crippen LogP contribution is 2.48. The normalized spacial score (nSPS) is 24.1. The number of thiazole rings is 1. The minimum absolute atomic E-state index is 0.0768. The van der Waals surface area contributed by atoms with Crippen molar-refractivity contribution in [2.24, 2.45) is 0 Å². The van der Waals surface area contributed by atoms with E-state index in [1.807, 2.05) is 11.9 Å². The highest BCUT2D eigenvalue weighted by Gasteiger charge is 2.56. The van der Waals surface area contributed by atoms with Crippen molar-refractivity contribution >= 4 is 36.7 Å². The zero-order valence-corrected chi connectivity index (χ0v) is 26.2. The van der Waals surface area contributed by atoms with Gasteiger partial charge in [-0.05, 0) is 58.9 Å². The van der Waals surface area contributed by atoms with Crippen LogP contribution in [0.25, 0.3) is 11.3 Å². The number of aliphatic hydroxyl groups is 1. The number of hydrogen-bond donors (Lipinski definition) is 3. The maximum Gasteiger partial charge on any atom is 0.459 e. The second kappa shape index (κ2) is 13.0. The van der Waals surface area contributed by atoms with Crippen LogP contribution in [-0.2, 0) is 23.4 Å². The Bertz CT molecular complexity index is 1630. The predicted molar refractivity (Wildman–Crippen MR) is 156 cm³/mol. The molecule has 6 atom stereocenters. The lowest BCUT2D eigenvalue weighted by Gasteiger charge is -2.25. The van der Waals surface area contributed by atoms with Crippen molar-refractivity contribution in [3.05, 3.63) is 66.7 Å². The third-order valence-electron chi connectivity index (χ3n) is 6.33. The number of H-pyrrole nitrogens is 1. The minimum Gasteiger partial charge on any atom is -0.462 e. The van der Waals surface area contributed by atoms with Crippen molar-refractivity contribution in [3.8, 4) is 17.0 Å². The molecule has 0 aliphatic carbocycles. The van der Waals surface area contributed by atoms with E-state index in [1.165, 1.54) is 30.4 Å². The van der Waals surface area contributed by atoms with Gasteiger partial charge in [-0.2, -0.15) is 5.09 Å². The molecule has 1 aromatic carbocycles. The average Bonchev–Trinajstić information content (AvgIpc) is 3.37. The Morgan fingerprint density at radius 1 is 1.30 bits per heavy atom. The molecular weight excluding hydrogens is 630 g/mol. The van der Waals surface area contributed by atoms with Crippen molar-refractivity contribution < 1.29 is 37.4 Å². The van der Waals surface area contributed by atoms with Crippen LogP contribution in [0.1, 0.15) is 38.9 Å². The predicted octanol–water partition coefficient (Wildman–Crippen LogP) is 3.74. The number of aromatic amines is 1. The van der Waals surface area contributed by atoms with Crippen molar-refractivity contribution in [1.29, 1.82) is 0 Å². The molecule has 0 saturated carbocycles. The Morgan fingerprint density at radius 2 is 1.98 bits per heavy atom. The second-order valence-electron chi connectivity index (χ2n) is 10.2. The number of aliphatic hydroxyl groups excluding tert-OH is 1. The number of aryl methyl sites for hydroxylation is 1. The van der Waals surface area contributed by atoms with Crippen molar-refractivity contribution in [1.82, 2.24) is 19.6 Å². The Balaban J connectivity index is 1.55. The number of nitrogens with zero attached hydrogens (tertiary/aromatic N) is 2. The maximum atomic E-state index is 15.6. The van der Waals surface area contributed by atoms with Gasteiger partial charge in [0.1, 0.15) is 34.0 Å². The van der Waals surface area contributed by atoms with Gasteiger partial charge in [-0.25, -0.2) is 18.7 Å². The Morgan fingerprint density at radius 3 is 2.56 bits per heavy atom. The summed E-state index contributed by atoms with van der Waals surface area (Å²) in [6.07, 6.45) is -4.36. The lowest BCUT2D eigenvalue weighted by Crippen LogP contribution is -2.43. The fourth-order valence-corrected chi connectivity index (χ4v) is 6.89. The Hall–Kier alpha value is -2.91. The minimum atomic E-state index is -4.44. The number of carbonyl (C=O) groups excluding carboxylic acids is 1. The van der Waals surface area contributed by atoms with Crippen LogP contribution in [0.3, 0.4) is 0 Å². The standard InChI is InChI=1S/C26H31ClFN4O9PS/c1-13(2)39-23(35)14(3)31-42(37,41-17-8-6-16(7-9-17)20-22(27)43-15(4)29-20)38-12-18-21(34)26(5,28)24(40-18)32-11-10-19(33)30-25(32)36/h6-11,13-14,18,21,24,34H,12H2,1-5H3,(H,31,37)(H,30,33,36)/t14-,18+,21+,24+,26+,42?/m0/s1. The van der Waals surface area contributed by atoms with E-state index in [0.717, 1.165) is 28.8 Å². The van der Waals surface area contributed by atoms with Crippen LogP contribution in [-0.4, -0.2) is 62.2 Å². The van der Waals surface area contributed by atoms with Gasteiger partial charge in [0.05, 0.1) is 17.7 Å². The summed E-state index contributed by atoms with van der Waals surface area (Å²) in [5, 5.41) is 14.0. The number of alkyl halides is 1. The highest BCUT2D eigenvalue weighted by molar-refractivity contribution is 7.52. The smallest absolute Gasteiger partial charge is 0.459 e. The van der Waals surface area contributed by atoms with Crippen LogP contribution >= 0.6 is 30.7 Å². The number of esters is 1. The number of hydrogen-bond acceptors (Lipinski definition) is 11. The number of halogens is 2. The molecule has 43 heavy (non-hydrogen) atoms. The summed E-state index contributed by atoms with van der Waals surface area (Å²) in [6.45, 7) is 6.82. The number of carbonyl (C=O) groups is 1. The molecule has 3 aromatic rings. The van der Waals surface area contributed by atoms with Gasteiger partial charge in [-0.1, -0.05) is 11.6 Å². The van der Waals surface area contributed by atoms with Crippen molar-refractivity contribution in [2.45, 2.75) is 70.9 Å². The van der Waals surface area contributed by atoms with E-state index in [0.29, 0.717) is 15.6 Å². The fraction of sp³-hybridized carbons (Fsp3) is 0.462. The van der Waals surface area contributed by atoms with Crippen LogP contribution in [0.4, 0.5) is 4.39 Å². The molecule has 1 aliphatic heterocycles. The van der Waals surface area contributed by atoms with Gasteiger partial charge in [-0.3, -0.25) is 23.7 Å². The fourth-order valence-electron chi connectivity index (χ4n) is 4.24. The molecule has 0 bridgehead atoms. The van der Waals surface area contributed by atoms with Crippen molar-refractivity contribution in [2.75, 3.05) is 6.61 Å². The SMILES string of the molecule is Cc1nc(-c2ccc(OP(=O)(N[C@@H](C)C(=O)OC(C)C)OC[C@H]3O[C@@H](n4ccc(=O)[nH]c4=O)[C@](C)(F)[C@@H]3O)cc2)c(Cl)s1. The van der Waals surface area contributed by atoms with E-state index in [-0.39, 0.29) is 5.75 Å². The van der Waals surface area contributed by atoms with E-state index in [9.17, 15) is 24.1 Å². The molecular formula is C26H31ClFN4O9PS. The summed E-state index contributed by atoms with van der Waals surface area (Å²) >= 11 is 7.58. The van der Waals surface area contributed by atoms with E-state index >= 15 is 4.39 Å². The van der Waals surface area contributed by atoms with Gasteiger partial charge in [0, 0.05) is 17.8 Å². The van der Waals surface area contributed by atoms with Crippen LogP contribution in [0.2, 0.25) is 4.34 Å². The number of aromatic nitrogens is 3. The lowest BCUT2D eigenvalue weighted by molar-refractivity contribution is -0.149. The van der Waals surface area contributed by atoms with Gasteiger partial charge in [0.15, 0.2) is 11.9 Å². The monoisotopic (exact) mass is 660 g/mol.